The summed E-state index contributed by atoms with van der Waals surface area (Å²) in [6, 6.07) is 7.27. The number of anilines is 1. The summed E-state index contributed by atoms with van der Waals surface area (Å²) in [4.78, 5) is 10.9. The van der Waals surface area contributed by atoms with E-state index in [1.54, 1.807) is 23.9 Å². The molecule has 2 N–H and O–H groups in total. The maximum Gasteiger partial charge on any atom is 0.396 e. The molecular weight excluding hydrogens is 238 g/mol. The van der Waals surface area contributed by atoms with E-state index in [4.69, 9.17) is 10.2 Å². The molecule has 0 atom stereocenters. The van der Waals surface area contributed by atoms with Crippen LogP contribution in [0.3, 0.4) is 0 Å². The molecule has 86 valence electrons. The normalized spacial score (nSPS) is 11.1. The quantitative estimate of drug-likeness (QED) is 0.712. The Morgan fingerprint density at radius 3 is 3.00 bits per heavy atom. The average Bonchev–Trinajstić information content (AvgIpc) is 2.81. The maximum atomic E-state index is 11.2. The first-order chi connectivity index (χ1) is 8.15. The van der Waals surface area contributed by atoms with E-state index in [0.29, 0.717) is 11.4 Å². The first kappa shape index (κ1) is 10.1. The monoisotopic (exact) mass is 247 g/mol. The Kier molecular flexibility index (Phi) is 2.05. The first-order valence-electron chi connectivity index (χ1n) is 4.98. The van der Waals surface area contributed by atoms with Gasteiger partial charge in [-0.05, 0) is 6.07 Å². The molecule has 2 heterocycles. The third-order valence-corrected chi connectivity index (χ3v) is 3.42. The number of rotatable bonds is 1. The van der Waals surface area contributed by atoms with Crippen LogP contribution >= 0.6 is 11.3 Å². The van der Waals surface area contributed by atoms with Crippen molar-refractivity contribution in [2.75, 3.05) is 5.73 Å². The molecule has 1 aromatic carbocycles. The third kappa shape index (κ3) is 1.53. The molecule has 0 saturated heterocycles. The van der Waals surface area contributed by atoms with Gasteiger partial charge in [0.05, 0.1) is 10.4 Å². The van der Waals surface area contributed by atoms with E-state index < -0.39 is 0 Å². The second kappa shape index (κ2) is 3.46. The Morgan fingerprint density at radius 2 is 2.29 bits per heavy atom. The van der Waals surface area contributed by atoms with E-state index in [1.165, 1.54) is 0 Å². The van der Waals surface area contributed by atoms with Gasteiger partial charge >= 0.3 is 4.94 Å². The minimum atomic E-state index is -0.309. The van der Waals surface area contributed by atoms with Crippen LogP contribution in [0.1, 0.15) is 0 Å². The summed E-state index contributed by atoms with van der Waals surface area (Å²) in [5, 5.41) is 4.29. The average molecular weight is 247 g/mol. The van der Waals surface area contributed by atoms with Crippen LogP contribution in [0.15, 0.2) is 33.5 Å². The lowest BCUT2D eigenvalue weighted by molar-refractivity contribution is 0.585. The smallest absolute Gasteiger partial charge is 0.396 e. The number of benzene rings is 1. The minimum Gasteiger partial charge on any atom is -0.414 e. The molecule has 17 heavy (non-hydrogen) atoms. The number of nitrogens with two attached hydrogens (primary N) is 1. The van der Waals surface area contributed by atoms with Crippen LogP contribution in [-0.2, 0) is 7.05 Å². The molecule has 0 unspecified atom stereocenters. The van der Waals surface area contributed by atoms with Gasteiger partial charge in [0.25, 0.3) is 0 Å². The van der Waals surface area contributed by atoms with E-state index in [0.717, 1.165) is 27.3 Å². The number of hydrogen-bond acceptors (Lipinski definition) is 5. The van der Waals surface area contributed by atoms with Crippen LogP contribution < -0.4 is 10.7 Å². The highest BCUT2D eigenvalue weighted by atomic mass is 32.1. The fourth-order valence-corrected chi connectivity index (χ4v) is 2.50. The predicted octanol–water partition coefficient (Wildman–Crippen LogP) is 1.84. The Bertz CT molecular complexity index is 734. The fraction of sp³-hybridized carbons (Fsp3) is 0.0909. The largest absolute Gasteiger partial charge is 0.414 e. The van der Waals surface area contributed by atoms with Crippen LogP contribution in [0.4, 0.5) is 5.82 Å². The summed E-state index contributed by atoms with van der Waals surface area (Å²) in [5.41, 5.74) is 7.94. The lowest BCUT2D eigenvalue weighted by atomic mass is 10.1. The zero-order valence-electron chi connectivity index (χ0n) is 9.01. The lowest BCUT2D eigenvalue weighted by Crippen LogP contribution is -1.96. The van der Waals surface area contributed by atoms with E-state index >= 15 is 0 Å². The maximum absolute atomic E-state index is 11.2. The molecular formula is C11H9N3O2S. The summed E-state index contributed by atoms with van der Waals surface area (Å²) in [5.74, 6) is 0.577. The molecule has 6 heteroatoms. The lowest BCUT2D eigenvalue weighted by Gasteiger charge is -1.96. The molecule has 3 rings (SSSR count). The van der Waals surface area contributed by atoms with Gasteiger partial charge in [-0.1, -0.05) is 23.5 Å². The zero-order valence-corrected chi connectivity index (χ0v) is 9.82. The number of aromatic nitrogens is 2. The van der Waals surface area contributed by atoms with Crippen molar-refractivity contribution >= 4 is 27.4 Å². The van der Waals surface area contributed by atoms with Gasteiger partial charge in [-0.2, -0.15) is 5.10 Å². The van der Waals surface area contributed by atoms with Crippen molar-refractivity contribution in [3.05, 3.63) is 34.0 Å². The van der Waals surface area contributed by atoms with Gasteiger partial charge in [-0.25, -0.2) is 4.79 Å². The predicted molar refractivity (Wildman–Crippen MR) is 67.0 cm³/mol. The van der Waals surface area contributed by atoms with Crippen molar-refractivity contribution in [3.8, 4) is 11.3 Å². The number of aryl methyl sites for hydroxylation is 1. The van der Waals surface area contributed by atoms with Crippen molar-refractivity contribution in [3.63, 3.8) is 0 Å². The summed E-state index contributed by atoms with van der Waals surface area (Å²) in [7, 11) is 1.77. The Balaban J connectivity index is 2.33. The summed E-state index contributed by atoms with van der Waals surface area (Å²) in [6.45, 7) is 0. The molecule has 2 aromatic heterocycles. The van der Waals surface area contributed by atoms with E-state index in [2.05, 4.69) is 5.10 Å². The van der Waals surface area contributed by atoms with E-state index in [9.17, 15) is 4.79 Å². The molecule has 0 aliphatic rings. The van der Waals surface area contributed by atoms with Gasteiger partial charge in [-0.15, -0.1) is 0 Å². The van der Waals surface area contributed by atoms with Crippen molar-refractivity contribution in [2.45, 2.75) is 0 Å². The Morgan fingerprint density at radius 1 is 1.47 bits per heavy atom. The van der Waals surface area contributed by atoms with Crippen LogP contribution in [0.25, 0.3) is 21.5 Å². The van der Waals surface area contributed by atoms with Crippen LogP contribution in [0.5, 0.6) is 0 Å². The molecule has 0 aliphatic heterocycles. The molecule has 0 aliphatic carbocycles. The van der Waals surface area contributed by atoms with Crippen molar-refractivity contribution in [2.24, 2.45) is 7.05 Å². The number of nitrogens with zero attached hydrogens (tertiary/aromatic N) is 2. The van der Waals surface area contributed by atoms with E-state index in [-0.39, 0.29) is 4.94 Å². The van der Waals surface area contributed by atoms with Gasteiger partial charge in [0, 0.05) is 18.7 Å². The zero-order chi connectivity index (χ0) is 12.0. The topological polar surface area (TPSA) is 74.0 Å². The highest BCUT2D eigenvalue weighted by Gasteiger charge is 2.12. The van der Waals surface area contributed by atoms with Gasteiger partial charge < -0.3 is 10.2 Å². The van der Waals surface area contributed by atoms with Crippen molar-refractivity contribution in [1.29, 1.82) is 0 Å². The number of fused-ring (bicyclic) bond motifs is 1. The van der Waals surface area contributed by atoms with Crippen LogP contribution in [0.2, 0.25) is 0 Å². The molecule has 5 nitrogen and oxygen atoms in total. The SMILES string of the molecule is Cn1nc(-c2cccc3oc(=O)sc23)cc1N. The molecule has 0 fully saturated rings. The van der Waals surface area contributed by atoms with Crippen molar-refractivity contribution in [1.82, 2.24) is 9.78 Å². The fourth-order valence-electron chi connectivity index (χ4n) is 1.71. The first-order valence-corrected chi connectivity index (χ1v) is 5.79. The minimum absolute atomic E-state index is 0.309. The summed E-state index contributed by atoms with van der Waals surface area (Å²) < 4.78 is 7.46. The second-order valence-electron chi connectivity index (χ2n) is 3.67. The molecule has 0 bridgehead atoms. The number of hydrogen-bond donors (Lipinski definition) is 1. The molecule has 0 amide bonds. The van der Waals surface area contributed by atoms with Crippen LogP contribution in [-0.4, -0.2) is 9.78 Å². The summed E-state index contributed by atoms with van der Waals surface area (Å²) >= 11 is 1.08. The van der Waals surface area contributed by atoms with Gasteiger partial charge in [-0.3, -0.25) is 4.68 Å². The van der Waals surface area contributed by atoms with Gasteiger partial charge in [0.15, 0.2) is 0 Å². The molecule has 3 aromatic rings. The van der Waals surface area contributed by atoms with Crippen molar-refractivity contribution < 1.29 is 4.42 Å². The van der Waals surface area contributed by atoms with Gasteiger partial charge in [0.2, 0.25) is 0 Å². The Hall–Kier alpha value is -2.08. The molecule has 0 spiro atoms. The highest BCUT2D eigenvalue weighted by Crippen LogP contribution is 2.30. The Labute approximate surface area is 100 Å². The third-order valence-electron chi connectivity index (χ3n) is 2.55. The second-order valence-corrected chi connectivity index (χ2v) is 4.61. The molecule has 0 saturated carbocycles. The van der Waals surface area contributed by atoms with Crippen LogP contribution in [0, 0.1) is 0 Å². The standard InChI is InChI=1S/C11H9N3O2S/c1-14-9(12)5-7(13-14)6-3-2-4-8-10(6)17-11(15)16-8/h2-5H,12H2,1H3. The molecule has 0 radical (unpaired) electrons. The highest BCUT2D eigenvalue weighted by molar-refractivity contribution is 7.16. The number of nitrogen functional groups attached to an aromatic ring is 1. The van der Waals surface area contributed by atoms with Gasteiger partial charge in [0.1, 0.15) is 11.4 Å². The summed E-state index contributed by atoms with van der Waals surface area (Å²) in [6.07, 6.45) is 0. The van der Waals surface area contributed by atoms with E-state index in [1.807, 2.05) is 12.1 Å².